The summed E-state index contributed by atoms with van der Waals surface area (Å²) in [5, 5.41) is 1.09. The molecule has 0 spiro atoms. The lowest BCUT2D eigenvalue weighted by molar-refractivity contribution is -0.0666. The minimum absolute atomic E-state index is 0.111. The number of hydrogen-bond donors (Lipinski definition) is 0. The molecule has 0 saturated carbocycles. The van der Waals surface area contributed by atoms with E-state index in [4.69, 9.17) is 14.2 Å². The molecule has 2 atom stereocenters. The molecule has 0 amide bonds. The SMILES string of the molecule is C=CC[C@@H](COCc1ccccc1)O[C@@H](C=C)n1ccc2cc(OC)ccc21. The second-order valence-electron chi connectivity index (χ2n) is 6.56. The van der Waals surface area contributed by atoms with Crippen LogP contribution in [0.25, 0.3) is 10.9 Å². The van der Waals surface area contributed by atoms with Gasteiger partial charge in [-0.05, 0) is 42.3 Å². The van der Waals surface area contributed by atoms with Crippen molar-refractivity contribution in [2.75, 3.05) is 13.7 Å². The third-order valence-corrected chi connectivity index (χ3v) is 4.58. The Bertz CT molecular complexity index is 901. The second kappa shape index (κ2) is 9.93. The Morgan fingerprint density at radius 2 is 1.89 bits per heavy atom. The minimum Gasteiger partial charge on any atom is -0.497 e. The van der Waals surface area contributed by atoms with Gasteiger partial charge in [-0.25, -0.2) is 0 Å². The lowest BCUT2D eigenvalue weighted by atomic mass is 10.2. The fourth-order valence-corrected chi connectivity index (χ4v) is 3.15. The largest absolute Gasteiger partial charge is 0.497 e. The van der Waals surface area contributed by atoms with Crippen LogP contribution in [0.2, 0.25) is 0 Å². The van der Waals surface area contributed by atoms with Gasteiger partial charge in [0.1, 0.15) is 5.75 Å². The Hall–Kier alpha value is -2.82. The van der Waals surface area contributed by atoms with Crippen molar-refractivity contribution in [1.82, 2.24) is 4.57 Å². The molecule has 3 rings (SSSR count). The maximum atomic E-state index is 6.30. The van der Waals surface area contributed by atoms with E-state index in [2.05, 4.69) is 29.9 Å². The summed E-state index contributed by atoms with van der Waals surface area (Å²) in [6.45, 7) is 8.85. The number of aromatic nitrogens is 1. The average Bonchev–Trinajstić information content (AvgIpc) is 3.15. The van der Waals surface area contributed by atoms with Gasteiger partial charge in [-0.3, -0.25) is 0 Å². The van der Waals surface area contributed by atoms with Crippen LogP contribution in [-0.2, 0) is 16.1 Å². The highest BCUT2D eigenvalue weighted by Crippen LogP contribution is 2.26. The summed E-state index contributed by atoms with van der Waals surface area (Å²) in [5.74, 6) is 0.833. The fourth-order valence-electron chi connectivity index (χ4n) is 3.15. The number of hydrogen-bond acceptors (Lipinski definition) is 3. The van der Waals surface area contributed by atoms with E-state index in [1.54, 1.807) is 13.2 Å². The Morgan fingerprint density at radius 1 is 1.07 bits per heavy atom. The van der Waals surface area contributed by atoms with Crippen LogP contribution >= 0.6 is 0 Å². The summed E-state index contributed by atoms with van der Waals surface area (Å²) in [6, 6.07) is 18.2. The van der Waals surface area contributed by atoms with E-state index in [1.807, 2.05) is 54.7 Å². The maximum absolute atomic E-state index is 6.30. The molecule has 0 aliphatic carbocycles. The van der Waals surface area contributed by atoms with Gasteiger partial charge in [-0.15, -0.1) is 6.58 Å². The molecule has 146 valence electrons. The van der Waals surface area contributed by atoms with Crippen LogP contribution in [0.5, 0.6) is 5.75 Å². The van der Waals surface area contributed by atoms with Crippen LogP contribution < -0.4 is 4.74 Å². The summed E-state index contributed by atoms with van der Waals surface area (Å²) in [6.07, 6.45) is 5.96. The van der Waals surface area contributed by atoms with Crippen LogP contribution in [0, 0.1) is 0 Å². The zero-order chi connectivity index (χ0) is 19.8. The van der Waals surface area contributed by atoms with Crippen molar-refractivity contribution in [3.63, 3.8) is 0 Å². The van der Waals surface area contributed by atoms with Crippen molar-refractivity contribution in [1.29, 1.82) is 0 Å². The molecule has 4 nitrogen and oxygen atoms in total. The molecule has 1 aromatic heterocycles. The predicted molar refractivity (Wildman–Crippen MR) is 114 cm³/mol. The molecule has 0 radical (unpaired) electrons. The van der Waals surface area contributed by atoms with Gasteiger partial charge in [-0.2, -0.15) is 0 Å². The Balaban J connectivity index is 1.68. The van der Waals surface area contributed by atoms with E-state index in [-0.39, 0.29) is 12.3 Å². The lowest BCUT2D eigenvalue weighted by Crippen LogP contribution is -2.24. The molecular formula is C24H27NO3. The first kappa shape index (κ1) is 19.9. The number of fused-ring (bicyclic) bond motifs is 1. The highest BCUT2D eigenvalue weighted by molar-refractivity contribution is 5.81. The zero-order valence-corrected chi connectivity index (χ0v) is 16.3. The average molecular weight is 377 g/mol. The number of methoxy groups -OCH3 is 1. The smallest absolute Gasteiger partial charge is 0.153 e. The van der Waals surface area contributed by atoms with Gasteiger partial charge in [0, 0.05) is 11.6 Å². The fraction of sp³-hybridized carbons (Fsp3) is 0.250. The highest BCUT2D eigenvalue weighted by Gasteiger charge is 2.17. The Kier molecular flexibility index (Phi) is 7.06. The Morgan fingerprint density at radius 3 is 2.61 bits per heavy atom. The van der Waals surface area contributed by atoms with Crippen LogP contribution in [0.1, 0.15) is 18.2 Å². The standard InChI is InChI=1S/C24H27NO3/c1-4-9-22(18-27-17-19-10-7-6-8-11-19)28-24(5-2)25-15-14-20-16-21(26-3)12-13-23(20)25/h4-8,10-16,22,24H,1-2,9,17-18H2,3H3/t22-,24-/m0/s1. The van der Waals surface area contributed by atoms with Gasteiger partial charge in [0.05, 0.1) is 31.9 Å². The summed E-state index contributed by atoms with van der Waals surface area (Å²) in [5.41, 5.74) is 2.21. The zero-order valence-electron chi connectivity index (χ0n) is 16.3. The summed E-state index contributed by atoms with van der Waals surface area (Å²) < 4.78 is 19.6. The summed E-state index contributed by atoms with van der Waals surface area (Å²) in [4.78, 5) is 0. The quantitative estimate of drug-likeness (QED) is 0.413. The molecule has 0 aliphatic heterocycles. The normalized spacial score (nSPS) is 13.2. The molecule has 3 aromatic rings. The van der Waals surface area contributed by atoms with Gasteiger partial charge >= 0.3 is 0 Å². The molecule has 0 N–H and O–H groups in total. The number of ether oxygens (including phenoxy) is 3. The van der Waals surface area contributed by atoms with E-state index in [0.29, 0.717) is 19.6 Å². The van der Waals surface area contributed by atoms with Gasteiger partial charge < -0.3 is 18.8 Å². The second-order valence-corrected chi connectivity index (χ2v) is 6.56. The van der Waals surface area contributed by atoms with Crippen molar-refractivity contribution in [3.05, 3.63) is 91.7 Å². The van der Waals surface area contributed by atoms with Crippen molar-refractivity contribution in [2.45, 2.75) is 25.4 Å². The number of rotatable bonds is 11. The topological polar surface area (TPSA) is 32.6 Å². The van der Waals surface area contributed by atoms with Crippen LogP contribution in [0.15, 0.2) is 86.1 Å². The monoisotopic (exact) mass is 377 g/mol. The third kappa shape index (κ3) is 4.91. The van der Waals surface area contributed by atoms with Gasteiger partial charge in [0.2, 0.25) is 0 Å². The minimum atomic E-state index is -0.295. The Labute approximate surface area is 166 Å². The van der Waals surface area contributed by atoms with Gasteiger partial charge in [0.25, 0.3) is 0 Å². The van der Waals surface area contributed by atoms with Gasteiger partial charge in [-0.1, -0.05) is 43.0 Å². The van der Waals surface area contributed by atoms with Crippen molar-refractivity contribution in [2.24, 2.45) is 0 Å². The van der Waals surface area contributed by atoms with Gasteiger partial charge in [0.15, 0.2) is 6.23 Å². The maximum Gasteiger partial charge on any atom is 0.153 e. The van der Waals surface area contributed by atoms with E-state index in [1.165, 1.54) is 0 Å². The third-order valence-electron chi connectivity index (χ3n) is 4.58. The molecule has 2 aromatic carbocycles. The van der Waals surface area contributed by atoms with Crippen LogP contribution in [0.4, 0.5) is 0 Å². The molecule has 0 fully saturated rings. The van der Waals surface area contributed by atoms with E-state index >= 15 is 0 Å². The van der Waals surface area contributed by atoms with Crippen molar-refractivity contribution < 1.29 is 14.2 Å². The van der Waals surface area contributed by atoms with Crippen molar-refractivity contribution in [3.8, 4) is 5.75 Å². The first-order valence-corrected chi connectivity index (χ1v) is 9.40. The summed E-state index contributed by atoms with van der Waals surface area (Å²) >= 11 is 0. The molecule has 0 bridgehead atoms. The van der Waals surface area contributed by atoms with Crippen LogP contribution in [-0.4, -0.2) is 24.4 Å². The molecule has 0 aliphatic rings. The van der Waals surface area contributed by atoms with E-state index in [0.717, 1.165) is 22.2 Å². The number of benzene rings is 2. The molecular weight excluding hydrogens is 350 g/mol. The predicted octanol–water partition coefficient (Wildman–Crippen LogP) is 5.51. The molecule has 0 saturated heterocycles. The molecule has 4 heteroatoms. The first-order valence-electron chi connectivity index (χ1n) is 9.40. The van der Waals surface area contributed by atoms with Crippen molar-refractivity contribution >= 4 is 10.9 Å². The highest BCUT2D eigenvalue weighted by atomic mass is 16.5. The van der Waals surface area contributed by atoms with E-state index in [9.17, 15) is 0 Å². The summed E-state index contributed by atoms with van der Waals surface area (Å²) in [7, 11) is 1.67. The van der Waals surface area contributed by atoms with Crippen LogP contribution in [0.3, 0.4) is 0 Å². The lowest BCUT2D eigenvalue weighted by Gasteiger charge is -2.24. The molecule has 28 heavy (non-hydrogen) atoms. The molecule has 0 unspecified atom stereocenters. The number of nitrogens with zero attached hydrogens (tertiary/aromatic N) is 1. The first-order chi connectivity index (χ1) is 13.7. The molecule has 1 heterocycles. The van der Waals surface area contributed by atoms with E-state index < -0.39 is 0 Å².